The molecule has 2 aliphatic rings. The van der Waals surface area contributed by atoms with Crippen molar-refractivity contribution in [2.75, 3.05) is 0 Å². The van der Waals surface area contributed by atoms with Crippen molar-refractivity contribution in [1.82, 2.24) is 0 Å². The molecule has 0 aromatic heterocycles. The van der Waals surface area contributed by atoms with Crippen molar-refractivity contribution >= 4 is 0 Å². The SMILES string of the molecule is CCCCCC1CCC(CCC2CCC(c3ccc(C(F)(F)C(F)C(F)(F)F)cc3)CC2)CC1. The van der Waals surface area contributed by atoms with Crippen molar-refractivity contribution in [3.8, 4) is 0 Å². The molecule has 2 fully saturated rings. The van der Waals surface area contributed by atoms with Gasteiger partial charge in [-0.15, -0.1) is 0 Å². The first-order valence-corrected chi connectivity index (χ1v) is 13.3. The third-order valence-electron chi connectivity index (χ3n) is 8.38. The summed E-state index contributed by atoms with van der Waals surface area (Å²) >= 11 is 0. The standard InChI is InChI=1S/C28H40F6/c1-2-3-4-5-20-6-8-21(9-7-20)10-11-22-12-14-23(15-13-22)24-16-18-25(19-17-24)27(30,31)26(29)28(32,33)34/h16-23,26H,2-15H2,1H3. The maximum atomic E-state index is 13.9. The molecule has 1 atom stereocenters. The van der Waals surface area contributed by atoms with Gasteiger partial charge in [-0.1, -0.05) is 95.4 Å². The van der Waals surface area contributed by atoms with Crippen molar-refractivity contribution in [1.29, 1.82) is 0 Å². The van der Waals surface area contributed by atoms with Gasteiger partial charge in [-0.2, -0.15) is 22.0 Å². The van der Waals surface area contributed by atoms with Crippen LogP contribution in [0.3, 0.4) is 0 Å². The van der Waals surface area contributed by atoms with E-state index >= 15 is 0 Å². The van der Waals surface area contributed by atoms with Gasteiger partial charge in [0.05, 0.1) is 0 Å². The molecule has 0 radical (unpaired) electrons. The number of hydrogen-bond donors (Lipinski definition) is 0. The molecule has 2 aliphatic carbocycles. The quantitative estimate of drug-likeness (QED) is 0.226. The van der Waals surface area contributed by atoms with Crippen LogP contribution >= 0.6 is 0 Å². The summed E-state index contributed by atoms with van der Waals surface area (Å²) in [6.45, 7) is 2.26. The molecule has 194 valence electrons. The van der Waals surface area contributed by atoms with Gasteiger partial charge >= 0.3 is 12.1 Å². The van der Waals surface area contributed by atoms with E-state index in [1.54, 1.807) is 0 Å². The summed E-state index contributed by atoms with van der Waals surface area (Å²) in [5.74, 6) is -1.83. The number of hydrogen-bond acceptors (Lipinski definition) is 0. The van der Waals surface area contributed by atoms with Gasteiger partial charge < -0.3 is 0 Å². The Balaban J connectivity index is 1.40. The van der Waals surface area contributed by atoms with Crippen LogP contribution in [0.25, 0.3) is 0 Å². The van der Waals surface area contributed by atoms with E-state index < -0.39 is 23.8 Å². The number of unbranched alkanes of at least 4 members (excludes halogenated alkanes) is 2. The molecule has 0 saturated heterocycles. The number of halogens is 6. The number of benzene rings is 1. The molecule has 0 nitrogen and oxygen atoms in total. The molecule has 1 unspecified atom stereocenters. The molecule has 0 aliphatic heterocycles. The lowest BCUT2D eigenvalue weighted by molar-refractivity contribution is -0.248. The van der Waals surface area contributed by atoms with Crippen LogP contribution in [0.2, 0.25) is 0 Å². The summed E-state index contributed by atoms with van der Waals surface area (Å²) in [5, 5.41) is 0. The third-order valence-corrected chi connectivity index (χ3v) is 8.38. The Morgan fingerprint density at radius 2 is 1.18 bits per heavy atom. The van der Waals surface area contributed by atoms with Gasteiger partial charge in [-0.25, -0.2) is 4.39 Å². The maximum Gasteiger partial charge on any atom is 0.426 e. The number of rotatable bonds is 10. The summed E-state index contributed by atoms with van der Waals surface area (Å²) in [6, 6.07) is 4.82. The molecule has 2 saturated carbocycles. The van der Waals surface area contributed by atoms with Crippen LogP contribution in [0.15, 0.2) is 24.3 Å². The normalized spacial score (nSPS) is 27.5. The Hall–Kier alpha value is -1.20. The van der Waals surface area contributed by atoms with Gasteiger partial charge in [0.2, 0.25) is 0 Å². The van der Waals surface area contributed by atoms with Gasteiger partial charge in [-0.3, -0.25) is 0 Å². The Kier molecular flexibility index (Phi) is 9.80. The summed E-state index contributed by atoms with van der Waals surface area (Å²) in [6.07, 6.45) is 7.90. The first-order chi connectivity index (χ1) is 16.1. The van der Waals surface area contributed by atoms with Crippen LogP contribution in [0.5, 0.6) is 0 Å². The van der Waals surface area contributed by atoms with Crippen LogP contribution in [0, 0.1) is 17.8 Å². The maximum absolute atomic E-state index is 13.9. The van der Waals surface area contributed by atoms with E-state index in [4.69, 9.17) is 0 Å². The zero-order valence-electron chi connectivity index (χ0n) is 20.4. The van der Waals surface area contributed by atoms with Crippen molar-refractivity contribution < 1.29 is 26.3 Å². The molecule has 6 heteroatoms. The van der Waals surface area contributed by atoms with Crippen molar-refractivity contribution in [3.63, 3.8) is 0 Å². The molecule has 1 aromatic rings. The first-order valence-electron chi connectivity index (χ1n) is 13.3. The molecule has 3 rings (SSSR count). The molecule has 0 bridgehead atoms. The summed E-state index contributed by atoms with van der Waals surface area (Å²) in [4.78, 5) is 0. The smallest absolute Gasteiger partial charge is 0.230 e. The van der Waals surface area contributed by atoms with E-state index in [9.17, 15) is 26.3 Å². The van der Waals surface area contributed by atoms with E-state index in [-0.39, 0.29) is 5.92 Å². The Bertz CT molecular complexity index is 709. The van der Waals surface area contributed by atoms with Crippen LogP contribution < -0.4 is 0 Å². The van der Waals surface area contributed by atoms with Crippen LogP contribution in [-0.4, -0.2) is 12.3 Å². The van der Waals surface area contributed by atoms with Gasteiger partial charge in [0, 0.05) is 5.56 Å². The predicted octanol–water partition coefficient (Wildman–Crippen LogP) is 10.1. The number of alkyl halides is 6. The second-order valence-electron chi connectivity index (χ2n) is 10.8. The van der Waals surface area contributed by atoms with E-state index in [0.717, 1.165) is 55.2 Å². The molecular formula is C28H40F6. The lowest BCUT2D eigenvalue weighted by Gasteiger charge is -2.32. The van der Waals surface area contributed by atoms with Crippen molar-refractivity contribution in [2.24, 2.45) is 17.8 Å². The van der Waals surface area contributed by atoms with Crippen molar-refractivity contribution in [3.05, 3.63) is 35.4 Å². The highest BCUT2D eigenvalue weighted by atomic mass is 19.4. The highest BCUT2D eigenvalue weighted by molar-refractivity contribution is 5.29. The Morgan fingerprint density at radius 1 is 0.706 bits per heavy atom. The fraction of sp³-hybridized carbons (Fsp3) is 0.786. The second-order valence-corrected chi connectivity index (χ2v) is 10.8. The minimum atomic E-state index is -5.59. The fourth-order valence-electron chi connectivity index (χ4n) is 6.08. The molecule has 0 N–H and O–H groups in total. The van der Waals surface area contributed by atoms with Gasteiger partial charge in [-0.05, 0) is 54.9 Å². The molecular weight excluding hydrogens is 450 g/mol. The average Bonchev–Trinajstić information content (AvgIpc) is 2.83. The van der Waals surface area contributed by atoms with E-state index in [1.807, 2.05) is 0 Å². The first kappa shape index (κ1) is 27.4. The highest BCUT2D eigenvalue weighted by Crippen LogP contribution is 2.44. The zero-order chi connectivity index (χ0) is 24.8. The summed E-state index contributed by atoms with van der Waals surface area (Å²) < 4.78 is 78.4. The molecule has 34 heavy (non-hydrogen) atoms. The molecule has 0 amide bonds. The summed E-state index contributed by atoms with van der Waals surface area (Å²) in [7, 11) is 0. The fourth-order valence-corrected chi connectivity index (χ4v) is 6.08. The van der Waals surface area contributed by atoms with Crippen LogP contribution in [-0.2, 0) is 5.92 Å². The average molecular weight is 491 g/mol. The van der Waals surface area contributed by atoms with Gasteiger partial charge in [0.25, 0.3) is 6.17 Å². The second kappa shape index (κ2) is 12.2. The predicted molar refractivity (Wildman–Crippen MR) is 125 cm³/mol. The van der Waals surface area contributed by atoms with Gasteiger partial charge in [0.15, 0.2) is 0 Å². The third kappa shape index (κ3) is 7.40. The summed E-state index contributed by atoms with van der Waals surface area (Å²) in [5.41, 5.74) is -0.0587. The van der Waals surface area contributed by atoms with Gasteiger partial charge in [0.1, 0.15) is 0 Å². The Morgan fingerprint density at radius 3 is 1.65 bits per heavy atom. The monoisotopic (exact) mass is 490 g/mol. The highest BCUT2D eigenvalue weighted by Gasteiger charge is 2.57. The Labute approximate surface area is 200 Å². The minimum Gasteiger partial charge on any atom is -0.230 e. The topological polar surface area (TPSA) is 0 Å². The molecule has 0 heterocycles. The minimum absolute atomic E-state index is 0.237. The van der Waals surface area contributed by atoms with Crippen LogP contribution in [0.1, 0.15) is 114 Å². The van der Waals surface area contributed by atoms with Crippen LogP contribution in [0.4, 0.5) is 26.3 Å². The van der Waals surface area contributed by atoms with E-state index in [2.05, 4.69) is 6.92 Å². The molecule has 0 spiro atoms. The van der Waals surface area contributed by atoms with E-state index in [0.29, 0.717) is 5.92 Å². The van der Waals surface area contributed by atoms with E-state index in [1.165, 1.54) is 76.3 Å². The lowest BCUT2D eigenvalue weighted by Crippen LogP contribution is -2.39. The molecule has 1 aromatic carbocycles. The zero-order valence-corrected chi connectivity index (χ0v) is 20.4. The van der Waals surface area contributed by atoms with Crippen molar-refractivity contribution in [2.45, 2.75) is 121 Å². The largest absolute Gasteiger partial charge is 0.426 e. The lowest BCUT2D eigenvalue weighted by atomic mass is 9.74.